The molecule has 0 aromatic heterocycles. The molecule has 3 N–H and O–H groups in total. The first-order valence-electron chi connectivity index (χ1n) is 11.7. The molecule has 35 heavy (non-hydrogen) atoms. The average Bonchev–Trinajstić information content (AvgIpc) is 2.90. The van der Waals surface area contributed by atoms with Crippen LogP contribution in [0.5, 0.6) is 0 Å². The number of ether oxygens (including phenoxy) is 1. The van der Waals surface area contributed by atoms with Crippen molar-refractivity contribution in [1.29, 1.82) is 0 Å². The van der Waals surface area contributed by atoms with Crippen molar-refractivity contribution in [3.63, 3.8) is 0 Å². The Morgan fingerprint density at radius 3 is 2.17 bits per heavy atom. The molecule has 3 aromatic rings. The maximum atomic E-state index is 13.7. The Labute approximate surface area is 211 Å². The highest BCUT2D eigenvalue weighted by Crippen LogP contribution is 2.32. The van der Waals surface area contributed by atoms with Crippen LogP contribution in [0, 0.1) is 0 Å². The minimum atomic E-state index is -0.807. The van der Waals surface area contributed by atoms with Crippen LogP contribution in [0.1, 0.15) is 42.5 Å². The Morgan fingerprint density at radius 2 is 1.49 bits per heavy atom. The maximum absolute atomic E-state index is 13.7. The molecule has 1 aliphatic rings. The summed E-state index contributed by atoms with van der Waals surface area (Å²) in [5.74, 6) is -0.489. The third-order valence-electron chi connectivity index (χ3n) is 6.32. The van der Waals surface area contributed by atoms with Gasteiger partial charge >= 0.3 is 5.97 Å². The van der Waals surface area contributed by atoms with Crippen molar-refractivity contribution in [3.8, 4) is 11.1 Å². The molecular weight excluding hydrogens is 458 g/mol. The molecule has 3 aromatic carbocycles. The summed E-state index contributed by atoms with van der Waals surface area (Å²) in [6.45, 7) is 0. The van der Waals surface area contributed by atoms with Gasteiger partial charge in [-0.3, -0.25) is 4.79 Å². The number of carbonyl (C=O) groups excluding carboxylic acids is 2. The SMILES string of the molecule is COC(=O)c1ccc(NC(=S)NC2(C(=O)Nc3ccccc3-c3ccccc3)CCCCC2)cc1. The molecular formula is C28H29N3O3S. The fraction of sp³-hybridized carbons (Fsp3) is 0.250. The quantitative estimate of drug-likeness (QED) is 0.303. The monoisotopic (exact) mass is 487 g/mol. The number of anilines is 2. The van der Waals surface area contributed by atoms with Crippen molar-refractivity contribution in [2.75, 3.05) is 17.7 Å². The van der Waals surface area contributed by atoms with E-state index in [4.69, 9.17) is 17.0 Å². The van der Waals surface area contributed by atoms with E-state index in [2.05, 4.69) is 16.0 Å². The number of para-hydroxylation sites is 1. The van der Waals surface area contributed by atoms with Crippen LogP contribution in [0.15, 0.2) is 78.9 Å². The summed E-state index contributed by atoms with van der Waals surface area (Å²) in [5, 5.41) is 10.0. The van der Waals surface area contributed by atoms with Crippen LogP contribution in [0.2, 0.25) is 0 Å². The standard InChI is InChI=1S/C28H29N3O3S/c1-34-25(32)21-14-16-22(17-15-21)29-27(35)31-28(18-8-3-9-19-28)26(33)30-24-13-7-6-12-23(24)20-10-4-2-5-11-20/h2,4-7,10-17H,3,8-9,18-19H2,1H3,(H,30,33)(H2,29,31,35). The van der Waals surface area contributed by atoms with Crippen molar-refractivity contribution in [2.24, 2.45) is 0 Å². The maximum Gasteiger partial charge on any atom is 0.337 e. The van der Waals surface area contributed by atoms with Gasteiger partial charge in [0.25, 0.3) is 0 Å². The number of nitrogens with one attached hydrogen (secondary N) is 3. The number of benzene rings is 3. The molecule has 4 rings (SSSR count). The van der Waals surface area contributed by atoms with E-state index in [-0.39, 0.29) is 5.91 Å². The molecule has 6 nitrogen and oxygen atoms in total. The predicted octanol–water partition coefficient (Wildman–Crippen LogP) is 5.77. The van der Waals surface area contributed by atoms with Crippen molar-refractivity contribution >= 4 is 40.6 Å². The first kappa shape index (κ1) is 24.4. The van der Waals surface area contributed by atoms with Crippen molar-refractivity contribution in [1.82, 2.24) is 5.32 Å². The molecule has 180 valence electrons. The lowest BCUT2D eigenvalue weighted by atomic mass is 9.80. The molecule has 0 saturated heterocycles. The highest BCUT2D eigenvalue weighted by molar-refractivity contribution is 7.80. The van der Waals surface area contributed by atoms with Gasteiger partial charge in [-0.05, 0) is 61.0 Å². The summed E-state index contributed by atoms with van der Waals surface area (Å²) >= 11 is 5.59. The lowest BCUT2D eigenvalue weighted by Gasteiger charge is -2.37. The molecule has 1 saturated carbocycles. The van der Waals surface area contributed by atoms with Gasteiger partial charge in [0.15, 0.2) is 5.11 Å². The average molecular weight is 488 g/mol. The van der Waals surface area contributed by atoms with Gasteiger partial charge in [0.05, 0.1) is 12.7 Å². The zero-order valence-electron chi connectivity index (χ0n) is 19.7. The third kappa shape index (κ3) is 5.87. The molecule has 7 heteroatoms. The second-order valence-electron chi connectivity index (χ2n) is 8.66. The van der Waals surface area contributed by atoms with Crippen LogP contribution < -0.4 is 16.0 Å². The molecule has 0 atom stereocenters. The van der Waals surface area contributed by atoms with E-state index in [0.29, 0.717) is 23.5 Å². The number of methoxy groups -OCH3 is 1. The van der Waals surface area contributed by atoms with Crippen molar-refractivity contribution in [3.05, 3.63) is 84.4 Å². The van der Waals surface area contributed by atoms with E-state index in [1.54, 1.807) is 24.3 Å². The molecule has 0 heterocycles. The number of amides is 1. The fourth-order valence-electron chi connectivity index (χ4n) is 4.45. The van der Waals surface area contributed by atoms with Gasteiger partial charge in [-0.1, -0.05) is 67.8 Å². The molecule has 0 aliphatic heterocycles. The van der Waals surface area contributed by atoms with E-state index in [0.717, 1.165) is 41.8 Å². The van der Waals surface area contributed by atoms with Gasteiger partial charge in [0.2, 0.25) is 5.91 Å². The van der Waals surface area contributed by atoms with Crippen LogP contribution in [0.4, 0.5) is 11.4 Å². The summed E-state index contributed by atoms with van der Waals surface area (Å²) in [6, 6.07) is 24.7. The number of esters is 1. The van der Waals surface area contributed by atoms with Crippen LogP contribution in [0.3, 0.4) is 0 Å². The minimum Gasteiger partial charge on any atom is -0.465 e. The van der Waals surface area contributed by atoms with Gasteiger partial charge in [-0.15, -0.1) is 0 Å². The highest BCUT2D eigenvalue weighted by atomic mass is 32.1. The van der Waals surface area contributed by atoms with Gasteiger partial charge in [-0.2, -0.15) is 0 Å². The van der Waals surface area contributed by atoms with E-state index in [1.807, 2.05) is 54.6 Å². The first-order chi connectivity index (χ1) is 17.0. The van der Waals surface area contributed by atoms with Crippen LogP contribution in [-0.2, 0) is 9.53 Å². The molecule has 1 amide bonds. The summed E-state index contributed by atoms with van der Waals surface area (Å²) in [6.07, 6.45) is 4.35. The molecule has 0 bridgehead atoms. The van der Waals surface area contributed by atoms with E-state index in [1.165, 1.54) is 7.11 Å². The summed E-state index contributed by atoms with van der Waals surface area (Å²) in [4.78, 5) is 25.4. The number of rotatable bonds is 6. The third-order valence-corrected chi connectivity index (χ3v) is 6.52. The van der Waals surface area contributed by atoms with E-state index < -0.39 is 11.5 Å². The lowest BCUT2D eigenvalue weighted by Crippen LogP contribution is -2.58. The normalized spacial score (nSPS) is 14.4. The Hall–Kier alpha value is -3.71. The Balaban J connectivity index is 1.50. The largest absolute Gasteiger partial charge is 0.465 e. The van der Waals surface area contributed by atoms with Crippen LogP contribution in [0.25, 0.3) is 11.1 Å². The van der Waals surface area contributed by atoms with Crippen LogP contribution in [-0.4, -0.2) is 29.6 Å². The molecule has 0 radical (unpaired) electrons. The topological polar surface area (TPSA) is 79.5 Å². The van der Waals surface area contributed by atoms with E-state index >= 15 is 0 Å². The lowest BCUT2D eigenvalue weighted by molar-refractivity contribution is -0.123. The Kier molecular flexibility index (Phi) is 7.77. The predicted molar refractivity (Wildman–Crippen MR) is 143 cm³/mol. The number of hydrogen-bond donors (Lipinski definition) is 3. The smallest absolute Gasteiger partial charge is 0.337 e. The van der Waals surface area contributed by atoms with Gasteiger partial charge in [0, 0.05) is 16.9 Å². The number of carbonyl (C=O) groups is 2. The van der Waals surface area contributed by atoms with Gasteiger partial charge < -0.3 is 20.7 Å². The Morgan fingerprint density at radius 1 is 0.829 bits per heavy atom. The van der Waals surface area contributed by atoms with E-state index in [9.17, 15) is 9.59 Å². The zero-order chi connectivity index (χ0) is 24.7. The molecule has 0 spiro atoms. The summed E-state index contributed by atoms with van der Waals surface area (Å²) in [5.41, 5.74) is 3.15. The molecule has 0 unspecified atom stereocenters. The van der Waals surface area contributed by atoms with Gasteiger partial charge in [0.1, 0.15) is 5.54 Å². The molecule has 1 aliphatic carbocycles. The summed E-state index contributed by atoms with van der Waals surface area (Å²) in [7, 11) is 1.35. The second-order valence-corrected chi connectivity index (χ2v) is 9.06. The summed E-state index contributed by atoms with van der Waals surface area (Å²) < 4.78 is 4.74. The Bertz CT molecular complexity index is 1190. The van der Waals surface area contributed by atoms with Gasteiger partial charge in [-0.25, -0.2) is 4.79 Å². The highest BCUT2D eigenvalue weighted by Gasteiger charge is 2.40. The van der Waals surface area contributed by atoms with Crippen molar-refractivity contribution < 1.29 is 14.3 Å². The number of hydrogen-bond acceptors (Lipinski definition) is 4. The molecule has 1 fully saturated rings. The fourth-order valence-corrected chi connectivity index (χ4v) is 4.77. The number of thiocarbonyl (C=S) groups is 1. The minimum absolute atomic E-state index is 0.0919. The van der Waals surface area contributed by atoms with Crippen LogP contribution >= 0.6 is 12.2 Å². The zero-order valence-corrected chi connectivity index (χ0v) is 20.5. The first-order valence-corrected chi connectivity index (χ1v) is 12.1. The second kappa shape index (κ2) is 11.1. The van der Waals surface area contributed by atoms with Crippen molar-refractivity contribution in [2.45, 2.75) is 37.6 Å².